The zero-order valence-electron chi connectivity index (χ0n) is 8.77. The summed E-state index contributed by atoms with van der Waals surface area (Å²) < 4.78 is 5.54. The molecule has 0 N–H and O–H groups in total. The molecule has 0 spiro atoms. The minimum absolute atomic E-state index is 0.196. The highest BCUT2D eigenvalue weighted by Gasteiger charge is 2.06. The fourth-order valence-corrected chi connectivity index (χ4v) is 1.74. The number of ketones is 1. The van der Waals surface area contributed by atoms with Gasteiger partial charge in [0, 0.05) is 15.2 Å². The summed E-state index contributed by atoms with van der Waals surface area (Å²) in [7, 11) is 0. The predicted molar refractivity (Wildman–Crippen MR) is 69.3 cm³/mol. The van der Waals surface area contributed by atoms with E-state index in [1.807, 2.05) is 12.1 Å². The number of hydrogen-bond donors (Lipinski definition) is 0. The molecule has 0 heterocycles. The Bertz CT molecular complexity index is 424. The van der Waals surface area contributed by atoms with Gasteiger partial charge in [-0.2, -0.15) is 0 Å². The Balaban J connectivity index is 2.73. The first kappa shape index (κ1) is 12.9. The Morgan fingerprint density at radius 2 is 2.00 bits per heavy atom. The van der Waals surface area contributed by atoms with Crippen molar-refractivity contribution in [3.05, 3.63) is 45.6 Å². The Kier molecular flexibility index (Phi) is 5.18. The summed E-state index contributed by atoms with van der Waals surface area (Å²) in [5, 5.41) is 0. The Hall–Kier alpha value is -1.17. The number of carbonyl (C=O) groups excluding carboxylic acids is 2. The number of ether oxygens (including phenoxy) is 1. The normalized spacial score (nSPS) is 10.4. The second-order valence-electron chi connectivity index (χ2n) is 2.93. The SMILES string of the molecule is CCOC(=O)/C=C/C(=O)c1ccccc1I. The second-order valence-corrected chi connectivity index (χ2v) is 4.09. The minimum Gasteiger partial charge on any atom is -0.463 e. The fraction of sp³-hybridized carbons (Fsp3) is 0.167. The first-order valence-corrected chi connectivity index (χ1v) is 5.86. The van der Waals surface area contributed by atoms with E-state index in [1.165, 1.54) is 6.08 Å². The molecule has 1 rings (SSSR count). The van der Waals surface area contributed by atoms with Gasteiger partial charge in [-0.25, -0.2) is 4.79 Å². The molecule has 0 saturated carbocycles. The summed E-state index contributed by atoms with van der Waals surface area (Å²) in [6.07, 6.45) is 2.38. The monoisotopic (exact) mass is 330 g/mol. The molecule has 0 aliphatic rings. The largest absolute Gasteiger partial charge is 0.463 e. The van der Waals surface area contributed by atoms with Gasteiger partial charge in [-0.1, -0.05) is 12.1 Å². The number of rotatable bonds is 4. The maximum Gasteiger partial charge on any atom is 0.330 e. The van der Waals surface area contributed by atoms with Crippen LogP contribution in [0.2, 0.25) is 0 Å². The zero-order chi connectivity index (χ0) is 12.0. The summed E-state index contributed by atoms with van der Waals surface area (Å²) in [5.41, 5.74) is 0.587. The van der Waals surface area contributed by atoms with Gasteiger partial charge >= 0.3 is 5.97 Å². The Morgan fingerprint density at radius 3 is 2.62 bits per heavy atom. The van der Waals surface area contributed by atoms with Gasteiger partial charge in [0.2, 0.25) is 0 Å². The van der Waals surface area contributed by atoms with Crippen molar-refractivity contribution >= 4 is 34.3 Å². The maximum absolute atomic E-state index is 11.7. The lowest BCUT2D eigenvalue weighted by Gasteiger charge is -1.98. The van der Waals surface area contributed by atoms with Crippen molar-refractivity contribution in [2.75, 3.05) is 6.61 Å². The summed E-state index contributed by atoms with van der Waals surface area (Å²) >= 11 is 2.08. The maximum atomic E-state index is 11.7. The molecule has 0 unspecified atom stereocenters. The Morgan fingerprint density at radius 1 is 1.31 bits per heavy atom. The Labute approximate surface area is 108 Å². The predicted octanol–water partition coefficient (Wildman–Crippen LogP) is 2.59. The topological polar surface area (TPSA) is 43.4 Å². The summed E-state index contributed by atoms with van der Waals surface area (Å²) in [6, 6.07) is 7.20. The molecule has 0 saturated heterocycles. The second kappa shape index (κ2) is 6.42. The van der Waals surface area contributed by atoms with Crippen molar-refractivity contribution in [1.82, 2.24) is 0 Å². The number of allylic oxidation sites excluding steroid dienone is 1. The van der Waals surface area contributed by atoms with E-state index in [4.69, 9.17) is 0 Å². The van der Waals surface area contributed by atoms with E-state index in [1.54, 1.807) is 19.1 Å². The number of benzene rings is 1. The molecule has 84 valence electrons. The van der Waals surface area contributed by atoms with Gasteiger partial charge in [-0.15, -0.1) is 0 Å². The molecular weight excluding hydrogens is 319 g/mol. The van der Waals surface area contributed by atoms with Crippen LogP contribution in [-0.2, 0) is 9.53 Å². The molecule has 0 amide bonds. The lowest BCUT2D eigenvalue weighted by molar-refractivity contribution is -0.137. The molecule has 4 heteroatoms. The van der Waals surface area contributed by atoms with Crippen LogP contribution < -0.4 is 0 Å². The molecule has 0 radical (unpaired) electrons. The average molecular weight is 330 g/mol. The van der Waals surface area contributed by atoms with E-state index in [-0.39, 0.29) is 5.78 Å². The lowest BCUT2D eigenvalue weighted by atomic mass is 10.1. The van der Waals surface area contributed by atoms with Crippen molar-refractivity contribution in [1.29, 1.82) is 0 Å². The van der Waals surface area contributed by atoms with Crippen molar-refractivity contribution in [2.45, 2.75) is 6.92 Å². The number of carbonyl (C=O) groups is 2. The highest BCUT2D eigenvalue weighted by Crippen LogP contribution is 2.12. The van der Waals surface area contributed by atoms with Gasteiger partial charge in [0.15, 0.2) is 5.78 Å². The van der Waals surface area contributed by atoms with Crippen LogP contribution in [0.15, 0.2) is 36.4 Å². The van der Waals surface area contributed by atoms with Crippen molar-refractivity contribution in [2.24, 2.45) is 0 Å². The molecule has 1 aromatic carbocycles. The number of hydrogen-bond acceptors (Lipinski definition) is 3. The highest BCUT2D eigenvalue weighted by atomic mass is 127. The summed E-state index contributed by atoms with van der Waals surface area (Å²) in [4.78, 5) is 22.7. The smallest absolute Gasteiger partial charge is 0.330 e. The average Bonchev–Trinajstić information content (AvgIpc) is 2.27. The van der Waals surface area contributed by atoms with Crippen LogP contribution in [0.3, 0.4) is 0 Å². The minimum atomic E-state index is -0.498. The molecule has 0 atom stereocenters. The van der Waals surface area contributed by atoms with E-state index in [9.17, 15) is 9.59 Å². The van der Waals surface area contributed by atoms with Crippen LogP contribution in [-0.4, -0.2) is 18.4 Å². The third-order valence-corrected chi connectivity index (χ3v) is 2.74. The van der Waals surface area contributed by atoms with Gasteiger partial charge in [0.05, 0.1) is 6.61 Å². The van der Waals surface area contributed by atoms with Gasteiger partial charge in [0.1, 0.15) is 0 Å². The van der Waals surface area contributed by atoms with Gasteiger partial charge in [-0.05, 0) is 47.7 Å². The number of esters is 1. The van der Waals surface area contributed by atoms with Crippen LogP contribution in [0.5, 0.6) is 0 Å². The van der Waals surface area contributed by atoms with E-state index in [0.717, 1.165) is 9.65 Å². The van der Waals surface area contributed by atoms with E-state index in [0.29, 0.717) is 12.2 Å². The van der Waals surface area contributed by atoms with Gasteiger partial charge in [-0.3, -0.25) is 4.79 Å². The summed E-state index contributed by atoms with van der Waals surface area (Å²) in [5.74, 6) is -0.695. The van der Waals surface area contributed by atoms with Gasteiger partial charge in [0.25, 0.3) is 0 Å². The quantitative estimate of drug-likeness (QED) is 0.369. The van der Waals surface area contributed by atoms with Crippen LogP contribution in [0.25, 0.3) is 0 Å². The van der Waals surface area contributed by atoms with E-state index < -0.39 is 5.97 Å². The molecule has 0 aliphatic carbocycles. The summed E-state index contributed by atoms with van der Waals surface area (Å²) in [6.45, 7) is 2.02. The van der Waals surface area contributed by atoms with Gasteiger partial charge < -0.3 is 4.74 Å². The highest BCUT2D eigenvalue weighted by molar-refractivity contribution is 14.1. The van der Waals surface area contributed by atoms with Crippen LogP contribution in [0.4, 0.5) is 0 Å². The molecule has 0 aliphatic heterocycles. The van der Waals surface area contributed by atoms with Crippen LogP contribution >= 0.6 is 22.6 Å². The van der Waals surface area contributed by atoms with Crippen molar-refractivity contribution < 1.29 is 14.3 Å². The van der Waals surface area contributed by atoms with Crippen molar-refractivity contribution in [3.8, 4) is 0 Å². The molecular formula is C12H11IO3. The molecule has 3 nitrogen and oxygen atoms in total. The molecule has 0 bridgehead atoms. The molecule has 0 aromatic heterocycles. The molecule has 1 aromatic rings. The number of halogens is 1. The zero-order valence-corrected chi connectivity index (χ0v) is 10.9. The molecule has 16 heavy (non-hydrogen) atoms. The van der Waals surface area contributed by atoms with Crippen LogP contribution in [0, 0.1) is 3.57 Å². The first-order valence-electron chi connectivity index (χ1n) is 4.79. The molecule has 0 fully saturated rings. The standard InChI is InChI=1S/C12H11IO3/c1-2-16-12(15)8-7-11(14)9-5-3-4-6-10(9)13/h3-8H,2H2,1H3/b8-7+. The third-order valence-electron chi connectivity index (χ3n) is 1.80. The van der Waals surface area contributed by atoms with Crippen molar-refractivity contribution in [3.63, 3.8) is 0 Å². The van der Waals surface area contributed by atoms with E-state index in [2.05, 4.69) is 27.3 Å². The van der Waals surface area contributed by atoms with Crippen LogP contribution in [0.1, 0.15) is 17.3 Å². The third kappa shape index (κ3) is 3.77. The van der Waals surface area contributed by atoms with E-state index >= 15 is 0 Å². The lowest BCUT2D eigenvalue weighted by Crippen LogP contribution is -2.02. The fourth-order valence-electron chi connectivity index (χ4n) is 1.08. The first-order chi connectivity index (χ1) is 7.65.